The molecule has 0 heterocycles. The zero-order valence-corrected chi connectivity index (χ0v) is 13.5. The van der Waals surface area contributed by atoms with E-state index in [1.807, 2.05) is 56.3 Å². The van der Waals surface area contributed by atoms with Crippen LogP contribution in [-0.4, -0.2) is 17.9 Å². The monoisotopic (exact) mass is 310 g/mol. The number of nitrogens with one attached hydrogen (secondary N) is 1. The number of nitrogens with two attached hydrogens (primary N) is 1. The fourth-order valence-electron chi connectivity index (χ4n) is 2.40. The smallest absolute Gasteiger partial charge is 0.251 e. The summed E-state index contributed by atoms with van der Waals surface area (Å²) in [6.45, 7) is 3.97. The standard InChI is InChI=1S/C19H22N2O2/c1-13(2)12-17(18(20)22)21-19(23)16-10-8-15(9-11-16)14-6-4-3-5-7-14/h3-11,13,17H,12H2,1-2H3,(H2,20,22)(H,21,23)/t17-/m0/s1. The van der Waals surface area contributed by atoms with E-state index in [1.54, 1.807) is 12.1 Å². The third-order valence-corrected chi connectivity index (χ3v) is 3.61. The highest BCUT2D eigenvalue weighted by atomic mass is 16.2. The molecule has 0 spiro atoms. The van der Waals surface area contributed by atoms with Gasteiger partial charge in [0.15, 0.2) is 0 Å². The summed E-state index contributed by atoms with van der Waals surface area (Å²) in [5, 5.41) is 2.71. The molecule has 0 saturated carbocycles. The van der Waals surface area contributed by atoms with Gasteiger partial charge in [0.25, 0.3) is 5.91 Å². The van der Waals surface area contributed by atoms with Crippen molar-refractivity contribution >= 4 is 11.8 Å². The van der Waals surface area contributed by atoms with Crippen LogP contribution in [0.3, 0.4) is 0 Å². The Morgan fingerprint density at radius 3 is 2.04 bits per heavy atom. The molecule has 0 bridgehead atoms. The summed E-state index contributed by atoms with van der Waals surface area (Å²) in [6.07, 6.45) is 0.531. The normalized spacial score (nSPS) is 12.0. The molecule has 4 heteroatoms. The summed E-state index contributed by atoms with van der Waals surface area (Å²) in [5.74, 6) is -0.518. The molecule has 2 rings (SSSR count). The number of carbonyl (C=O) groups is 2. The molecule has 1 atom stereocenters. The van der Waals surface area contributed by atoms with Gasteiger partial charge in [0.2, 0.25) is 5.91 Å². The second kappa shape index (κ2) is 7.58. The molecule has 0 saturated heterocycles. The Labute approximate surface area is 136 Å². The summed E-state index contributed by atoms with van der Waals surface area (Å²) >= 11 is 0. The number of rotatable bonds is 6. The molecule has 0 aliphatic rings. The lowest BCUT2D eigenvalue weighted by atomic mass is 10.0. The Balaban J connectivity index is 2.09. The topological polar surface area (TPSA) is 72.2 Å². The number of hydrogen-bond acceptors (Lipinski definition) is 2. The fraction of sp³-hybridized carbons (Fsp3) is 0.263. The van der Waals surface area contributed by atoms with Crippen LogP contribution in [0.5, 0.6) is 0 Å². The first-order valence-corrected chi connectivity index (χ1v) is 7.73. The van der Waals surface area contributed by atoms with Crippen molar-refractivity contribution in [1.82, 2.24) is 5.32 Å². The number of amides is 2. The van der Waals surface area contributed by atoms with Crippen LogP contribution in [0.25, 0.3) is 11.1 Å². The van der Waals surface area contributed by atoms with E-state index in [9.17, 15) is 9.59 Å². The van der Waals surface area contributed by atoms with E-state index in [0.29, 0.717) is 12.0 Å². The molecule has 4 nitrogen and oxygen atoms in total. The lowest BCUT2D eigenvalue weighted by molar-refractivity contribution is -0.120. The fourth-order valence-corrected chi connectivity index (χ4v) is 2.40. The Hall–Kier alpha value is -2.62. The second-order valence-electron chi connectivity index (χ2n) is 6.00. The minimum atomic E-state index is -0.642. The minimum absolute atomic E-state index is 0.272. The van der Waals surface area contributed by atoms with E-state index < -0.39 is 11.9 Å². The van der Waals surface area contributed by atoms with E-state index >= 15 is 0 Å². The van der Waals surface area contributed by atoms with E-state index in [-0.39, 0.29) is 11.8 Å². The van der Waals surface area contributed by atoms with E-state index in [2.05, 4.69) is 5.32 Å². The largest absolute Gasteiger partial charge is 0.368 e. The first-order chi connectivity index (χ1) is 11.0. The molecule has 0 aliphatic carbocycles. The number of hydrogen-bond donors (Lipinski definition) is 2. The van der Waals surface area contributed by atoms with E-state index in [1.165, 1.54) is 0 Å². The van der Waals surface area contributed by atoms with Crippen molar-refractivity contribution in [2.24, 2.45) is 11.7 Å². The highest BCUT2D eigenvalue weighted by molar-refractivity contribution is 5.97. The SMILES string of the molecule is CC(C)C[C@H](NC(=O)c1ccc(-c2ccccc2)cc1)C(N)=O. The van der Waals surface area contributed by atoms with E-state index in [4.69, 9.17) is 5.73 Å². The van der Waals surface area contributed by atoms with Gasteiger partial charge in [-0.3, -0.25) is 9.59 Å². The third-order valence-electron chi connectivity index (χ3n) is 3.61. The van der Waals surface area contributed by atoms with Crippen molar-refractivity contribution < 1.29 is 9.59 Å². The summed E-state index contributed by atoms with van der Waals surface area (Å²) in [5.41, 5.74) is 8.00. The van der Waals surface area contributed by atoms with E-state index in [0.717, 1.165) is 11.1 Å². The lowest BCUT2D eigenvalue weighted by Crippen LogP contribution is -2.45. The number of benzene rings is 2. The van der Waals surface area contributed by atoms with Crippen molar-refractivity contribution in [1.29, 1.82) is 0 Å². The molecule has 0 fully saturated rings. The summed E-state index contributed by atoms with van der Waals surface area (Å²) in [7, 11) is 0. The zero-order chi connectivity index (χ0) is 16.8. The Kier molecular flexibility index (Phi) is 5.52. The predicted molar refractivity (Wildman–Crippen MR) is 91.8 cm³/mol. The molecule has 2 amide bonds. The molecule has 0 unspecified atom stereocenters. The van der Waals surface area contributed by atoms with Crippen LogP contribution < -0.4 is 11.1 Å². The van der Waals surface area contributed by atoms with Crippen LogP contribution in [0, 0.1) is 5.92 Å². The van der Waals surface area contributed by atoms with Crippen molar-refractivity contribution in [3.8, 4) is 11.1 Å². The van der Waals surface area contributed by atoms with Gasteiger partial charge < -0.3 is 11.1 Å². The summed E-state index contributed by atoms with van der Waals surface area (Å²) in [4.78, 5) is 23.7. The highest BCUT2D eigenvalue weighted by Gasteiger charge is 2.20. The molecule has 0 radical (unpaired) electrons. The molecular formula is C19H22N2O2. The Morgan fingerprint density at radius 1 is 0.957 bits per heavy atom. The molecular weight excluding hydrogens is 288 g/mol. The molecule has 0 aromatic heterocycles. The second-order valence-corrected chi connectivity index (χ2v) is 6.00. The molecule has 0 aliphatic heterocycles. The predicted octanol–water partition coefficient (Wildman–Crippen LogP) is 2.98. The van der Waals surface area contributed by atoms with Gasteiger partial charge in [-0.1, -0.05) is 56.3 Å². The van der Waals surface area contributed by atoms with Crippen LogP contribution >= 0.6 is 0 Å². The van der Waals surface area contributed by atoms with Crippen molar-refractivity contribution in [2.45, 2.75) is 26.3 Å². The van der Waals surface area contributed by atoms with Crippen molar-refractivity contribution in [3.63, 3.8) is 0 Å². The van der Waals surface area contributed by atoms with Gasteiger partial charge >= 0.3 is 0 Å². The van der Waals surface area contributed by atoms with Gasteiger partial charge in [-0.2, -0.15) is 0 Å². The Bertz CT molecular complexity index is 664. The van der Waals surface area contributed by atoms with Crippen LogP contribution in [-0.2, 0) is 4.79 Å². The summed E-state index contributed by atoms with van der Waals surface area (Å²) < 4.78 is 0. The molecule has 3 N–H and O–H groups in total. The van der Waals surface area contributed by atoms with Gasteiger partial charge in [0, 0.05) is 5.56 Å². The Morgan fingerprint density at radius 2 is 1.52 bits per heavy atom. The van der Waals surface area contributed by atoms with Crippen LogP contribution in [0.2, 0.25) is 0 Å². The average molecular weight is 310 g/mol. The average Bonchev–Trinajstić information content (AvgIpc) is 2.54. The maximum Gasteiger partial charge on any atom is 0.251 e. The maximum atomic E-state index is 12.3. The first-order valence-electron chi connectivity index (χ1n) is 7.73. The molecule has 2 aromatic carbocycles. The molecule has 2 aromatic rings. The summed E-state index contributed by atoms with van der Waals surface area (Å²) in [6, 6.07) is 16.6. The molecule has 120 valence electrons. The number of primary amides is 1. The van der Waals surface area contributed by atoms with Crippen LogP contribution in [0.1, 0.15) is 30.6 Å². The van der Waals surface area contributed by atoms with Crippen molar-refractivity contribution in [2.75, 3.05) is 0 Å². The highest BCUT2D eigenvalue weighted by Crippen LogP contribution is 2.19. The first kappa shape index (κ1) is 16.7. The minimum Gasteiger partial charge on any atom is -0.368 e. The van der Waals surface area contributed by atoms with Gasteiger partial charge in [0.1, 0.15) is 6.04 Å². The van der Waals surface area contributed by atoms with Gasteiger partial charge in [-0.05, 0) is 35.6 Å². The van der Waals surface area contributed by atoms with Gasteiger partial charge in [-0.15, -0.1) is 0 Å². The van der Waals surface area contributed by atoms with Crippen LogP contribution in [0.4, 0.5) is 0 Å². The number of carbonyl (C=O) groups excluding carboxylic acids is 2. The maximum absolute atomic E-state index is 12.3. The van der Waals surface area contributed by atoms with Crippen LogP contribution in [0.15, 0.2) is 54.6 Å². The van der Waals surface area contributed by atoms with Gasteiger partial charge in [-0.25, -0.2) is 0 Å². The lowest BCUT2D eigenvalue weighted by Gasteiger charge is -2.17. The van der Waals surface area contributed by atoms with Crippen molar-refractivity contribution in [3.05, 3.63) is 60.2 Å². The van der Waals surface area contributed by atoms with Gasteiger partial charge in [0.05, 0.1) is 0 Å². The third kappa shape index (κ3) is 4.68. The molecule has 23 heavy (non-hydrogen) atoms. The quantitative estimate of drug-likeness (QED) is 0.861. The zero-order valence-electron chi connectivity index (χ0n) is 13.5.